The van der Waals surface area contributed by atoms with Crippen LogP contribution in [0.4, 0.5) is 18.0 Å². The molecule has 2 rings (SSSR count). The summed E-state index contributed by atoms with van der Waals surface area (Å²) >= 11 is 0. The lowest BCUT2D eigenvalue weighted by Gasteiger charge is -2.33. The third kappa shape index (κ3) is 4.13. The largest absolute Gasteiger partial charge is 0.445 e. The molecule has 0 atom stereocenters. The van der Waals surface area contributed by atoms with Crippen LogP contribution in [0.15, 0.2) is 24.3 Å². The van der Waals surface area contributed by atoms with Gasteiger partial charge >= 0.3 is 12.3 Å². The molecule has 1 amide bonds. The molecule has 7 heteroatoms. The molecule has 0 unspecified atom stereocenters. The van der Waals surface area contributed by atoms with E-state index in [-0.39, 0.29) is 12.2 Å². The number of rotatable bonds is 3. The van der Waals surface area contributed by atoms with E-state index >= 15 is 0 Å². The quantitative estimate of drug-likeness (QED) is 0.860. The van der Waals surface area contributed by atoms with Crippen molar-refractivity contribution in [1.82, 2.24) is 9.80 Å². The van der Waals surface area contributed by atoms with Crippen molar-refractivity contribution >= 4 is 6.09 Å². The molecule has 0 saturated carbocycles. The Morgan fingerprint density at radius 1 is 1.18 bits per heavy atom. The second-order valence-electron chi connectivity index (χ2n) is 5.04. The Bertz CT molecular complexity index is 512. The van der Waals surface area contributed by atoms with Crippen molar-refractivity contribution in [3.05, 3.63) is 42.3 Å². The highest BCUT2D eigenvalue weighted by Crippen LogP contribution is 2.32. The van der Waals surface area contributed by atoms with Crippen LogP contribution in [-0.2, 0) is 17.5 Å². The Morgan fingerprint density at radius 2 is 1.82 bits per heavy atom. The zero-order valence-corrected chi connectivity index (χ0v) is 12.1. The first-order valence-corrected chi connectivity index (χ1v) is 7.00. The summed E-state index contributed by atoms with van der Waals surface area (Å²) in [6.45, 7) is 6.43. The highest BCUT2D eigenvalue weighted by Gasteiger charge is 2.33. The van der Waals surface area contributed by atoms with E-state index in [4.69, 9.17) is 4.74 Å². The second kappa shape index (κ2) is 7.00. The summed E-state index contributed by atoms with van der Waals surface area (Å²) in [5, 5.41) is 0. The molecule has 1 aromatic rings. The fourth-order valence-electron chi connectivity index (χ4n) is 2.31. The van der Waals surface area contributed by atoms with Crippen LogP contribution in [0.3, 0.4) is 0 Å². The van der Waals surface area contributed by atoms with Crippen LogP contribution in [0.5, 0.6) is 0 Å². The molecular formula is C15H18F3N2O2. The van der Waals surface area contributed by atoms with E-state index in [1.165, 1.54) is 23.1 Å². The molecule has 1 aliphatic heterocycles. The number of piperazine rings is 1. The van der Waals surface area contributed by atoms with Gasteiger partial charge in [0.15, 0.2) is 0 Å². The van der Waals surface area contributed by atoms with Gasteiger partial charge < -0.3 is 9.64 Å². The molecule has 0 aliphatic carbocycles. The van der Waals surface area contributed by atoms with E-state index in [1.54, 1.807) is 0 Å². The summed E-state index contributed by atoms with van der Waals surface area (Å²) in [7, 11) is 0. The number of nitrogens with zero attached hydrogens (tertiary/aromatic N) is 2. The number of ether oxygens (including phenoxy) is 1. The van der Waals surface area contributed by atoms with E-state index in [9.17, 15) is 18.0 Å². The molecule has 1 heterocycles. The van der Waals surface area contributed by atoms with Crippen molar-refractivity contribution in [2.75, 3.05) is 32.7 Å². The van der Waals surface area contributed by atoms with Gasteiger partial charge in [0.05, 0.1) is 5.56 Å². The minimum Gasteiger partial charge on any atom is -0.445 e. The van der Waals surface area contributed by atoms with E-state index in [0.717, 1.165) is 6.07 Å². The maximum Gasteiger partial charge on any atom is 0.416 e. The number of halogens is 3. The van der Waals surface area contributed by atoms with Crippen molar-refractivity contribution in [3.63, 3.8) is 0 Å². The van der Waals surface area contributed by atoms with Gasteiger partial charge in [-0.2, -0.15) is 13.2 Å². The highest BCUT2D eigenvalue weighted by molar-refractivity contribution is 5.67. The Hall–Kier alpha value is -1.76. The Labute approximate surface area is 127 Å². The SMILES string of the molecule is [CH2]CN1CCN(C(=O)OCc2ccccc2C(F)(F)F)CC1. The molecule has 4 nitrogen and oxygen atoms in total. The number of alkyl halides is 3. The molecule has 1 radical (unpaired) electrons. The van der Waals surface area contributed by atoms with Crippen molar-refractivity contribution in [3.8, 4) is 0 Å². The van der Waals surface area contributed by atoms with Gasteiger partial charge in [-0.1, -0.05) is 18.2 Å². The molecule has 0 bridgehead atoms. The lowest BCUT2D eigenvalue weighted by molar-refractivity contribution is -0.138. The third-order valence-electron chi connectivity index (χ3n) is 3.62. The summed E-state index contributed by atoms with van der Waals surface area (Å²) in [6, 6.07) is 5.10. The van der Waals surface area contributed by atoms with Gasteiger partial charge in [-0.3, -0.25) is 4.90 Å². The lowest BCUT2D eigenvalue weighted by atomic mass is 10.1. The lowest BCUT2D eigenvalue weighted by Crippen LogP contribution is -2.48. The molecule has 0 spiro atoms. The van der Waals surface area contributed by atoms with Crippen LogP contribution < -0.4 is 0 Å². The number of carbonyl (C=O) groups excluding carboxylic acids is 1. The van der Waals surface area contributed by atoms with Crippen LogP contribution in [0.25, 0.3) is 0 Å². The van der Waals surface area contributed by atoms with E-state index in [1.807, 2.05) is 0 Å². The first kappa shape index (κ1) is 16.6. The molecule has 0 N–H and O–H groups in total. The molecule has 0 aromatic heterocycles. The van der Waals surface area contributed by atoms with Crippen molar-refractivity contribution in [2.24, 2.45) is 0 Å². The first-order chi connectivity index (χ1) is 10.4. The van der Waals surface area contributed by atoms with Gasteiger partial charge in [0.2, 0.25) is 0 Å². The van der Waals surface area contributed by atoms with E-state index < -0.39 is 17.8 Å². The predicted octanol–water partition coefficient (Wildman–Crippen LogP) is 2.79. The molecule has 22 heavy (non-hydrogen) atoms. The van der Waals surface area contributed by atoms with Crippen molar-refractivity contribution in [2.45, 2.75) is 12.8 Å². The Balaban J connectivity index is 1.92. The topological polar surface area (TPSA) is 32.8 Å². The predicted molar refractivity (Wildman–Crippen MR) is 75.0 cm³/mol. The average molecular weight is 315 g/mol. The molecule has 1 fully saturated rings. The maximum atomic E-state index is 12.8. The van der Waals surface area contributed by atoms with Gasteiger partial charge in [0.1, 0.15) is 6.61 Å². The average Bonchev–Trinajstić information content (AvgIpc) is 2.52. The second-order valence-corrected chi connectivity index (χ2v) is 5.04. The molecule has 1 saturated heterocycles. The fourth-order valence-corrected chi connectivity index (χ4v) is 2.31. The minimum atomic E-state index is -4.46. The van der Waals surface area contributed by atoms with Gasteiger partial charge in [-0.15, -0.1) is 0 Å². The molecule has 121 valence electrons. The van der Waals surface area contributed by atoms with Crippen LogP contribution in [0.2, 0.25) is 0 Å². The maximum absolute atomic E-state index is 12.8. The Morgan fingerprint density at radius 3 is 2.41 bits per heavy atom. The zero-order chi connectivity index (χ0) is 16.2. The monoisotopic (exact) mass is 315 g/mol. The van der Waals surface area contributed by atoms with Gasteiger partial charge in [-0.25, -0.2) is 4.79 Å². The number of amides is 1. The van der Waals surface area contributed by atoms with Crippen LogP contribution in [-0.4, -0.2) is 48.6 Å². The summed E-state index contributed by atoms with van der Waals surface area (Å²) < 4.78 is 43.6. The number of hydrogen-bond donors (Lipinski definition) is 0. The van der Waals surface area contributed by atoms with Gasteiger partial charge in [0, 0.05) is 31.7 Å². The smallest absolute Gasteiger partial charge is 0.416 e. The Kier molecular flexibility index (Phi) is 5.28. The summed E-state index contributed by atoms with van der Waals surface area (Å²) in [5.74, 6) is 0. The molecule has 1 aliphatic rings. The van der Waals surface area contributed by atoms with Crippen LogP contribution in [0, 0.1) is 6.92 Å². The van der Waals surface area contributed by atoms with Gasteiger partial charge in [-0.05, 0) is 19.5 Å². The van der Waals surface area contributed by atoms with Crippen molar-refractivity contribution < 1.29 is 22.7 Å². The molecular weight excluding hydrogens is 297 g/mol. The van der Waals surface area contributed by atoms with Crippen molar-refractivity contribution in [1.29, 1.82) is 0 Å². The standard InChI is InChI=1S/C15H18F3N2O2/c1-2-19-7-9-20(10-8-19)14(21)22-11-12-5-3-4-6-13(12)15(16,17)18/h3-6H,1-2,7-11H2. The number of benzene rings is 1. The van der Waals surface area contributed by atoms with Crippen LogP contribution in [0.1, 0.15) is 11.1 Å². The summed E-state index contributed by atoms with van der Waals surface area (Å²) in [4.78, 5) is 15.5. The van der Waals surface area contributed by atoms with Crippen LogP contribution >= 0.6 is 0 Å². The summed E-state index contributed by atoms with van der Waals surface area (Å²) in [6.07, 6.45) is -5.04. The zero-order valence-electron chi connectivity index (χ0n) is 12.1. The number of hydrogen-bond acceptors (Lipinski definition) is 3. The first-order valence-electron chi connectivity index (χ1n) is 7.00. The normalized spacial score (nSPS) is 16.6. The fraction of sp³-hybridized carbons (Fsp3) is 0.467. The van der Waals surface area contributed by atoms with E-state index in [2.05, 4.69) is 11.8 Å². The number of carbonyl (C=O) groups is 1. The highest BCUT2D eigenvalue weighted by atomic mass is 19.4. The summed E-state index contributed by atoms with van der Waals surface area (Å²) in [5.41, 5.74) is -0.815. The van der Waals surface area contributed by atoms with Gasteiger partial charge in [0.25, 0.3) is 0 Å². The molecule has 1 aromatic carbocycles. The third-order valence-corrected chi connectivity index (χ3v) is 3.62. The minimum absolute atomic E-state index is 0.0419. The van der Waals surface area contributed by atoms with E-state index in [0.29, 0.717) is 32.7 Å².